The Morgan fingerprint density at radius 3 is 2.81 bits per heavy atom. The third kappa shape index (κ3) is 4.80. The van der Waals surface area contributed by atoms with Crippen LogP contribution in [0.4, 0.5) is 0 Å². The van der Waals surface area contributed by atoms with Crippen LogP contribution in [0.1, 0.15) is 21.8 Å². The molecule has 3 aromatic rings. The Bertz CT molecular complexity index is 890. The molecule has 0 aliphatic heterocycles. The average molecular weight is 369 g/mol. The van der Waals surface area contributed by atoms with Gasteiger partial charge < -0.3 is 15.8 Å². The number of nitrogens with two attached hydrogens (primary N) is 1. The number of nitrogens with one attached hydrogen (secondary N) is 1. The van der Waals surface area contributed by atoms with Gasteiger partial charge in [-0.1, -0.05) is 18.2 Å². The third-order valence-corrected chi connectivity index (χ3v) is 4.76. The molecule has 0 unspecified atom stereocenters. The average Bonchev–Trinajstić information content (AvgIpc) is 3.06. The third-order valence-electron chi connectivity index (χ3n) is 3.67. The summed E-state index contributed by atoms with van der Waals surface area (Å²) in [5.41, 5.74) is 6.54. The number of carbonyl (C=O) groups excluding carboxylic acids is 2. The smallest absolute Gasteiger partial charge is 0.255 e. The number of aryl methyl sites for hydroxylation is 1. The maximum Gasteiger partial charge on any atom is 0.255 e. The fourth-order valence-electron chi connectivity index (χ4n) is 2.45. The van der Waals surface area contributed by atoms with Gasteiger partial charge in [0.15, 0.2) is 6.61 Å². The normalized spacial score (nSPS) is 10.6. The molecule has 0 fully saturated rings. The minimum atomic E-state index is -0.560. The summed E-state index contributed by atoms with van der Waals surface area (Å²) in [6.45, 7) is 0.342. The first kappa shape index (κ1) is 17.9. The zero-order chi connectivity index (χ0) is 18.4. The molecule has 0 aliphatic rings. The van der Waals surface area contributed by atoms with Crippen LogP contribution in [-0.4, -0.2) is 29.9 Å². The lowest BCUT2D eigenvalue weighted by molar-refractivity contribution is -0.119. The summed E-state index contributed by atoms with van der Waals surface area (Å²) >= 11 is 1.68. The van der Waals surface area contributed by atoms with Gasteiger partial charge in [-0.15, -0.1) is 11.3 Å². The summed E-state index contributed by atoms with van der Waals surface area (Å²) in [4.78, 5) is 27.6. The lowest BCUT2D eigenvalue weighted by Crippen LogP contribution is -2.25. The second-order valence-electron chi connectivity index (χ2n) is 5.72. The van der Waals surface area contributed by atoms with Gasteiger partial charge in [-0.25, -0.2) is 4.98 Å². The van der Waals surface area contributed by atoms with Gasteiger partial charge in [-0.2, -0.15) is 0 Å². The minimum Gasteiger partial charge on any atom is -0.484 e. The first-order valence-corrected chi connectivity index (χ1v) is 9.07. The van der Waals surface area contributed by atoms with Gasteiger partial charge in [0.2, 0.25) is 0 Å². The largest absolute Gasteiger partial charge is 0.484 e. The molecule has 0 bridgehead atoms. The minimum absolute atomic E-state index is 0.182. The van der Waals surface area contributed by atoms with Crippen LogP contribution in [0.15, 0.2) is 48.5 Å². The highest BCUT2D eigenvalue weighted by Crippen LogP contribution is 2.22. The van der Waals surface area contributed by atoms with Crippen molar-refractivity contribution in [1.29, 1.82) is 0 Å². The van der Waals surface area contributed by atoms with E-state index in [4.69, 9.17) is 10.5 Å². The molecular formula is C19H19N3O3S. The second kappa shape index (κ2) is 8.44. The molecule has 0 saturated heterocycles. The highest BCUT2D eigenvalue weighted by Gasteiger charge is 2.08. The van der Waals surface area contributed by atoms with Crippen LogP contribution < -0.4 is 15.8 Å². The molecule has 0 spiro atoms. The van der Waals surface area contributed by atoms with Gasteiger partial charge in [0.1, 0.15) is 5.75 Å². The number of amides is 2. The van der Waals surface area contributed by atoms with E-state index in [9.17, 15) is 9.59 Å². The van der Waals surface area contributed by atoms with Gasteiger partial charge in [-0.3, -0.25) is 9.59 Å². The highest BCUT2D eigenvalue weighted by atomic mass is 32.1. The Labute approximate surface area is 155 Å². The van der Waals surface area contributed by atoms with Gasteiger partial charge in [0.05, 0.1) is 15.2 Å². The topological polar surface area (TPSA) is 94.3 Å². The van der Waals surface area contributed by atoms with Crippen LogP contribution in [0.3, 0.4) is 0 Å². The van der Waals surface area contributed by atoms with Crippen LogP contribution in [0.2, 0.25) is 0 Å². The SMILES string of the molecule is NC(=O)COc1cccc(C(=O)NCCCc2nc3ccccc3s2)c1. The van der Waals surface area contributed by atoms with Crippen molar-refractivity contribution in [3.05, 3.63) is 59.1 Å². The molecule has 1 heterocycles. The van der Waals surface area contributed by atoms with Crippen molar-refractivity contribution < 1.29 is 14.3 Å². The number of carbonyl (C=O) groups is 2. The number of rotatable bonds is 8. The molecule has 134 valence electrons. The second-order valence-corrected chi connectivity index (χ2v) is 6.83. The van der Waals surface area contributed by atoms with Crippen LogP contribution in [0.25, 0.3) is 10.2 Å². The number of para-hydroxylation sites is 1. The maximum absolute atomic E-state index is 12.2. The van der Waals surface area contributed by atoms with Crippen molar-refractivity contribution in [2.75, 3.05) is 13.2 Å². The molecule has 26 heavy (non-hydrogen) atoms. The Morgan fingerprint density at radius 2 is 2.00 bits per heavy atom. The highest BCUT2D eigenvalue weighted by molar-refractivity contribution is 7.18. The summed E-state index contributed by atoms with van der Waals surface area (Å²) in [7, 11) is 0. The number of aromatic nitrogens is 1. The summed E-state index contributed by atoms with van der Waals surface area (Å²) in [6, 6.07) is 14.7. The molecular weight excluding hydrogens is 350 g/mol. The van der Waals surface area contributed by atoms with Gasteiger partial charge in [0, 0.05) is 18.5 Å². The van der Waals surface area contributed by atoms with E-state index in [1.165, 1.54) is 4.70 Å². The zero-order valence-corrected chi connectivity index (χ0v) is 14.9. The first-order chi connectivity index (χ1) is 12.6. The van der Waals surface area contributed by atoms with E-state index in [2.05, 4.69) is 16.4 Å². The van der Waals surface area contributed by atoms with E-state index in [1.807, 2.05) is 18.2 Å². The Balaban J connectivity index is 1.47. The van der Waals surface area contributed by atoms with Crippen LogP contribution in [-0.2, 0) is 11.2 Å². The van der Waals surface area contributed by atoms with E-state index in [1.54, 1.807) is 35.6 Å². The van der Waals surface area contributed by atoms with E-state index in [0.29, 0.717) is 17.9 Å². The molecule has 7 heteroatoms. The number of hydrogen-bond acceptors (Lipinski definition) is 5. The van der Waals surface area contributed by atoms with Crippen LogP contribution in [0, 0.1) is 0 Å². The molecule has 2 aromatic carbocycles. The monoisotopic (exact) mass is 369 g/mol. The summed E-state index contributed by atoms with van der Waals surface area (Å²) in [5, 5.41) is 3.96. The number of fused-ring (bicyclic) bond motifs is 1. The van der Waals surface area contributed by atoms with Crippen molar-refractivity contribution >= 4 is 33.4 Å². The fourth-order valence-corrected chi connectivity index (χ4v) is 3.46. The molecule has 0 saturated carbocycles. The fraction of sp³-hybridized carbons (Fsp3) is 0.211. The number of benzene rings is 2. The summed E-state index contributed by atoms with van der Waals surface area (Å²) < 4.78 is 6.39. The first-order valence-electron chi connectivity index (χ1n) is 8.25. The standard InChI is InChI=1S/C19H19N3O3S/c20-17(23)12-25-14-6-3-5-13(11-14)19(24)21-10-4-9-18-22-15-7-1-2-8-16(15)26-18/h1-3,5-8,11H,4,9-10,12H2,(H2,20,23)(H,21,24). The number of primary amides is 1. The van der Waals surface area contributed by atoms with Crippen molar-refractivity contribution in [2.45, 2.75) is 12.8 Å². The Morgan fingerprint density at radius 1 is 1.15 bits per heavy atom. The van der Waals surface area contributed by atoms with E-state index in [0.717, 1.165) is 23.4 Å². The lowest BCUT2D eigenvalue weighted by atomic mass is 10.2. The molecule has 2 amide bonds. The van der Waals surface area contributed by atoms with Gasteiger partial charge in [0.25, 0.3) is 11.8 Å². The number of nitrogens with zero attached hydrogens (tertiary/aromatic N) is 1. The van der Waals surface area contributed by atoms with Crippen molar-refractivity contribution in [3.8, 4) is 5.75 Å². The maximum atomic E-state index is 12.2. The molecule has 0 aliphatic carbocycles. The Hall–Kier alpha value is -2.93. The number of thiazole rings is 1. The summed E-state index contributed by atoms with van der Waals surface area (Å²) in [6.07, 6.45) is 1.63. The van der Waals surface area contributed by atoms with E-state index < -0.39 is 5.91 Å². The zero-order valence-electron chi connectivity index (χ0n) is 14.1. The van der Waals surface area contributed by atoms with Gasteiger partial charge >= 0.3 is 0 Å². The van der Waals surface area contributed by atoms with E-state index in [-0.39, 0.29) is 12.5 Å². The van der Waals surface area contributed by atoms with Crippen LogP contribution >= 0.6 is 11.3 Å². The quantitative estimate of drug-likeness (QED) is 0.597. The number of ether oxygens (including phenoxy) is 1. The van der Waals surface area contributed by atoms with Crippen molar-refractivity contribution in [1.82, 2.24) is 10.3 Å². The summed E-state index contributed by atoms with van der Waals surface area (Å²) in [5.74, 6) is -0.306. The molecule has 3 rings (SSSR count). The number of hydrogen-bond donors (Lipinski definition) is 2. The molecule has 3 N–H and O–H groups in total. The Kier molecular flexibility index (Phi) is 5.80. The molecule has 0 atom stereocenters. The molecule has 0 radical (unpaired) electrons. The predicted octanol–water partition coefficient (Wildman–Crippen LogP) is 2.52. The van der Waals surface area contributed by atoms with E-state index >= 15 is 0 Å². The van der Waals surface area contributed by atoms with Crippen molar-refractivity contribution in [2.24, 2.45) is 5.73 Å². The predicted molar refractivity (Wildman–Crippen MR) is 101 cm³/mol. The van der Waals surface area contributed by atoms with Gasteiger partial charge in [-0.05, 0) is 36.8 Å². The van der Waals surface area contributed by atoms with Crippen LogP contribution in [0.5, 0.6) is 5.75 Å². The molecule has 6 nitrogen and oxygen atoms in total. The molecule has 1 aromatic heterocycles. The van der Waals surface area contributed by atoms with Crippen molar-refractivity contribution in [3.63, 3.8) is 0 Å². The lowest BCUT2D eigenvalue weighted by Gasteiger charge is -2.07.